The second-order valence-corrected chi connectivity index (χ2v) is 16.6. The predicted molar refractivity (Wildman–Crippen MR) is 153 cm³/mol. The highest BCUT2D eigenvalue weighted by Gasteiger charge is 2.40. The van der Waals surface area contributed by atoms with Crippen LogP contribution in [0.1, 0.15) is 52.4 Å². The highest BCUT2D eigenvalue weighted by Crippen LogP contribution is 2.38. The zero-order chi connectivity index (χ0) is 28.6. The third-order valence-electron chi connectivity index (χ3n) is 7.69. The number of rotatable bonds is 9. The summed E-state index contributed by atoms with van der Waals surface area (Å²) in [6.45, 7) is 18.0. The summed E-state index contributed by atoms with van der Waals surface area (Å²) in [7, 11) is -0.265. The minimum atomic E-state index is -1.94. The second kappa shape index (κ2) is 11.0. The molecule has 10 nitrogen and oxygen atoms in total. The SMILES string of the molecule is CO[C@@]1(c2cc(OC[C@@H](C)O[Si](C)(C)C(C)(C)C)cc(-n3nc(C)c4cnc(NC(C)=O)cc43)n2)CCOC1. The van der Waals surface area contributed by atoms with Crippen LogP contribution in [-0.2, 0) is 24.3 Å². The van der Waals surface area contributed by atoms with Crippen LogP contribution < -0.4 is 10.1 Å². The molecule has 39 heavy (non-hydrogen) atoms. The van der Waals surface area contributed by atoms with E-state index in [2.05, 4.69) is 44.2 Å². The summed E-state index contributed by atoms with van der Waals surface area (Å²) in [6.07, 6.45) is 2.30. The van der Waals surface area contributed by atoms with Crippen molar-refractivity contribution in [2.75, 3.05) is 32.2 Å². The van der Waals surface area contributed by atoms with Gasteiger partial charge < -0.3 is 24.0 Å². The summed E-state index contributed by atoms with van der Waals surface area (Å²) in [5.41, 5.74) is 1.60. The van der Waals surface area contributed by atoms with Gasteiger partial charge in [-0.3, -0.25) is 4.79 Å². The highest BCUT2D eigenvalue weighted by atomic mass is 28.4. The van der Waals surface area contributed by atoms with E-state index < -0.39 is 13.9 Å². The van der Waals surface area contributed by atoms with Crippen LogP contribution in [0.5, 0.6) is 5.75 Å². The fourth-order valence-corrected chi connectivity index (χ4v) is 5.87. The smallest absolute Gasteiger partial charge is 0.222 e. The standard InChI is InChI=1S/C28H41N5O5Si/c1-18(38-39(8,9)27(4,5)6)16-37-21-12-24(28(35-7)10-11-36-17-28)31-26(13-21)33-23-14-25(30-20(3)34)29-15-22(23)19(2)32-33/h12-15,18H,10-11,16-17H2,1-9H3,(H,29,30,34)/t18-,28+/m1/s1. The first-order valence-electron chi connectivity index (χ1n) is 13.3. The maximum absolute atomic E-state index is 11.6. The zero-order valence-electron chi connectivity index (χ0n) is 24.5. The van der Waals surface area contributed by atoms with Crippen molar-refractivity contribution in [1.29, 1.82) is 0 Å². The molecule has 0 aromatic carbocycles. The van der Waals surface area contributed by atoms with E-state index in [0.717, 1.165) is 16.6 Å². The minimum absolute atomic E-state index is 0.0868. The van der Waals surface area contributed by atoms with Crippen molar-refractivity contribution in [3.05, 3.63) is 35.8 Å². The lowest BCUT2D eigenvalue weighted by atomic mass is 9.97. The molecule has 0 unspecified atom stereocenters. The Morgan fingerprint density at radius 1 is 1.28 bits per heavy atom. The number of carbonyl (C=O) groups is 1. The van der Waals surface area contributed by atoms with Crippen molar-refractivity contribution in [3.8, 4) is 11.6 Å². The number of carbonyl (C=O) groups excluding carboxylic acids is 1. The molecule has 1 amide bonds. The summed E-state index contributed by atoms with van der Waals surface area (Å²) in [4.78, 5) is 21.0. The summed E-state index contributed by atoms with van der Waals surface area (Å²) in [6, 6.07) is 5.58. The number of pyridine rings is 2. The topological polar surface area (TPSA) is 110 Å². The molecule has 1 aliphatic rings. The Morgan fingerprint density at radius 2 is 2.03 bits per heavy atom. The van der Waals surface area contributed by atoms with Crippen LogP contribution in [0.15, 0.2) is 24.4 Å². The Labute approximate surface area is 231 Å². The lowest BCUT2D eigenvalue weighted by molar-refractivity contribution is -0.114. The van der Waals surface area contributed by atoms with E-state index in [1.165, 1.54) is 6.92 Å². The van der Waals surface area contributed by atoms with E-state index >= 15 is 0 Å². The Kier molecular flexibility index (Phi) is 8.18. The molecule has 1 saturated heterocycles. The van der Waals surface area contributed by atoms with Crippen LogP contribution in [0.4, 0.5) is 5.82 Å². The normalized spacial score (nSPS) is 18.9. The largest absolute Gasteiger partial charge is 0.491 e. The van der Waals surface area contributed by atoms with Gasteiger partial charge in [-0.2, -0.15) is 5.10 Å². The summed E-state index contributed by atoms with van der Waals surface area (Å²) >= 11 is 0. The van der Waals surface area contributed by atoms with Crippen LogP contribution >= 0.6 is 0 Å². The minimum Gasteiger partial charge on any atom is -0.491 e. The number of amides is 1. The Morgan fingerprint density at radius 3 is 2.64 bits per heavy atom. The monoisotopic (exact) mass is 555 g/mol. The van der Waals surface area contributed by atoms with Crippen molar-refractivity contribution in [2.45, 2.75) is 77.8 Å². The number of nitrogens with zero attached hydrogens (tertiary/aromatic N) is 4. The number of hydrogen-bond acceptors (Lipinski definition) is 8. The summed E-state index contributed by atoms with van der Waals surface area (Å²) < 4.78 is 26.3. The third kappa shape index (κ3) is 6.16. The fourth-order valence-electron chi connectivity index (χ4n) is 4.44. The molecule has 3 aromatic heterocycles. The van der Waals surface area contributed by atoms with Gasteiger partial charge >= 0.3 is 0 Å². The average molecular weight is 556 g/mol. The molecule has 3 aromatic rings. The van der Waals surface area contributed by atoms with Crippen LogP contribution in [0.3, 0.4) is 0 Å². The Bertz CT molecular complexity index is 1340. The highest BCUT2D eigenvalue weighted by molar-refractivity contribution is 6.74. The number of aryl methyl sites for hydroxylation is 1. The molecule has 0 aliphatic carbocycles. The lowest BCUT2D eigenvalue weighted by Crippen LogP contribution is -2.44. The first-order valence-corrected chi connectivity index (χ1v) is 16.2. The number of anilines is 1. The van der Waals surface area contributed by atoms with Gasteiger partial charge in [-0.15, -0.1) is 0 Å². The molecule has 1 aliphatic heterocycles. The molecule has 0 bridgehead atoms. The van der Waals surface area contributed by atoms with Crippen LogP contribution in [0, 0.1) is 6.92 Å². The molecule has 1 N–H and O–H groups in total. The van der Waals surface area contributed by atoms with Crippen molar-refractivity contribution < 1.29 is 23.4 Å². The van der Waals surface area contributed by atoms with Gasteiger partial charge in [0.2, 0.25) is 5.91 Å². The van der Waals surface area contributed by atoms with E-state index in [4.69, 9.17) is 28.7 Å². The molecule has 0 saturated carbocycles. The molecule has 11 heteroatoms. The van der Waals surface area contributed by atoms with E-state index in [9.17, 15) is 4.79 Å². The third-order valence-corrected chi connectivity index (χ3v) is 12.3. The predicted octanol–water partition coefficient (Wildman–Crippen LogP) is 5.13. The van der Waals surface area contributed by atoms with Crippen LogP contribution in [-0.4, -0.2) is 67.0 Å². The average Bonchev–Trinajstić information content (AvgIpc) is 3.47. The Balaban J connectivity index is 1.73. The summed E-state index contributed by atoms with van der Waals surface area (Å²) in [5.74, 6) is 1.46. The van der Waals surface area contributed by atoms with Crippen LogP contribution in [0.2, 0.25) is 18.1 Å². The van der Waals surface area contributed by atoms with Gasteiger partial charge in [0.1, 0.15) is 23.8 Å². The molecule has 212 valence electrons. The maximum Gasteiger partial charge on any atom is 0.222 e. The molecule has 0 spiro atoms. The zero-order valence-corrected chi connectivity index (χ0v) is 25.5. The molecule has 2 atom stereocenters. The maximum atomic E-state index is 11.6. The van der Waals surface area contributed by atoms with Gasteiger partial charge in [-0.1, -0.05) is 20.8 Å². The van der Waals surface area contributed by atoms with Crippen molar-refractivity contribution in [2.24, 2.45) is 0 Å². The van der Waals surface area contributed by atoms with Crippen molar-refractivity contribution >= 4 is 30.9 Å². The van der Waals surface area contributed by atoms with Crippen molar-refractivity contribution in [1.82, 2.24) is 19.7 Å². The molecular weight excluding hydrogens is 514 g/mol. The van der Waals surface area contributed by atoms with Gasteiger partial charge in [0.05, 0.1) is 29.6 Å². The van der Waals surface area contributed by atoms with E-state index in [1.807, 2.05) is 26.0 Å². The molecule has 4 rings (SSSR count). The van der Waals surface area contributed by atoms with Gasteiger partial charge in [-0.05, 0) is 32.0 Å². The Hall–Kier alpha value is -2.86. The number of methoxy groups -OCH3 is 1. The molecule has 0 radical (unpaired) electrons. The molecular formula is C28H41N5O5Si. The number of aromatic nitrogens is 4. The number of ether oxygens (including phenoxy) is 3. The van der Waals surface area contributed by atoms with Crippen molar-refractivity contribution in [3.63, 3.8) is 0 Å². The quantitative estimate of drug-likeness (QED) is 0.362. The number of hydrogen-bond donors (Lipinski definition) is 1. The van der Waals surface area contributed by atoms with Gasteiger partial charge in [0.25, 0.3) is 0 Å². The van der Waals surface area contributed by atoms with E-state index in [-0.39, 0.29) is 17.0 Å². The van der Waals surface area contributed by atoms with Gasteiger partial charge in [-0.25, -0.2) is 14.6 Å². The summed E-state index contributed by atoms with van der Waals surface area (Å²) in [5, 5.41) is 8.48. The lowest BCUT2D eigenvalue weighted by Gasteiger charge is -2.38. The fraction of sp³-hybridized carbons (Fsp3) is 0.571. The molecule has 1 fully saturated rings. The number of nitrogens with one attached hydrogen (secondary N) is 1. The van der Waals surface area contributed by atoms with E-state index in [1.54, 1.807) is 24.1 Å². The van der Waals surface area contributed by atoms with Gasteiger partial charge in [0.15, 0.2) is 14.1 Å². The first-order chi connectivity index (χ1) is 18.2. The first kappa shape index (κ1) is 29.1. The van der Waals surface area contributed by atoms with Crippen LogP contribution in [0.25, 0.3) is 16.7 Å². The molecule has 4 heterocycles. The van der Waals surface area contributed by atoms with Gasteiger partial charge in [0, 0.05) is 56.8 Å². The van der Waals surface area contributed by atoms with E-state index in [0.29, 0.717) is 49.3 Å². The number of fused-ring (bicyclic) bond motifs is 1. The second-order valence-electron chi connectivity index (χ2n) is 11.8.